The van der Waals surface area contributed by atoms with Crippen molar-refractivity contribution in [2.75, 3.05) is 71.1 Å². The van der Waals surface area contributed by atoms with Crippen molar-refractivity contribution in [1.29, 1.82) is 0 Å². The van der Waals surface area contributed by atoms with Gasteiger partial charge < -0.3 is 25.4 Å². The van der Waals surface area contributed by atoms with E-state index in [1.54, 1.807) is 14.1 Å². The van der Waals surface area contributed by atoms with Gasteiger partial charge >= 0.3 is 0 Å². The fourth-order valence-electron chi connectivity index (χ4n) is 1.62. The number of hydrogen-bond donors (Lipinski definition) is 2. The van der Waals surface area contributed by atoms with Crippen LogP contribution in [0, 0.1) is 0 Å². The van der Waals surface area contributed by atoms with Crippen LogP contribution >= 0.6 is 0 Å². The summed E-state index contributed by atoms with van der Waals surface area (Å²) >= 11 is 0. The van der Waals surface area contributed by atoms with Gasteiger partial charge in [0.15, 0.2) is 11.5 Å². The van der Waals surface area contributed by atoms with Crippen molar-refractivity contribution in [2.45, 2.75) is 0 Å². The maximum absolute atomic E-state index is 10.8. The van der Waals surface area contributed by atoms with E-state index in [1.165, 1.54) is 11.3 Å². The smallest absolute Gasteiger partial charge is 0.271 e. The Morgan fingerprint density at radius 3 is 1.64 bits per heavy atom. The summed E-state index contributed by atoms with van der Waals surface area (Å²) < 4.78 is 0. The lowest BCUT2D eigenvalue weighted by Crippen LogP contribution is -2.22. The van der Waals surface area contributed by atoms with Crippen molar-refractivity contribution in [3.63, 3.8) is 0 Å². The highest BCUT2D eigenvalue weighted by atomic mass is 16.1. The normalized spacial score (nSPS) is 10.3. The summed E-state index contributed by atoms with van der Waals surface area (Å²) in [4.78, 5) is 35.6. The van der Waals surface area contributed by atoms with E-state index in [-0.39, 0.29) is 11.5 Å². The van der Waals surface area contributed by atoms with Gasteiger partial charge in [0.2, 0.25) is 17.8 Å². The molecule has 154 valence electrons. The number of rotatable bonds is 6. The molecule has 0 aliphatic heterocycles. The molecule has 2 aromatic rings. The molecule has 2 rings (SSSR count). The number of nitrogens with zero attached hydrogens (tertiary/aromatic N) is 10. The Hall–Kier alpha value is -3.51. The third-order valence-electron chi connectivity index (χ3n) is 2.98. The third kappa shape index (κ3) is 6.66. The zero-order chi connectivity index (χ0) is 21.4. The van der Waals surface area contributed by atoms with E-state index in [0.717, 1.165) is 0 Å². The number of carbonyl (C=O) groups is 1. The summed E-state index contributed by atoms with van der Waals surface area (Å²) in [6.45, 7) is 0. The second-order valence-electron chi connectivity index (χ2n) is 6.42. The lowest BCUT2D eigenvalue weighted by molar-refractivity contribution is 0.0996. The Kier molecular flexibility index (Phi) is 8.04. The number of hydrogen-bond acceptors (Lipinski definition) is 10. The summed E-state index contributed by atoms with van der Waals surface area (Å²) in [6.07, 6.45) is 1.34. The van der Waals surface area contributed by atoms with Crippen LogP contribution in [0.25, 0.3) is 0 Å². The second kappa shape index (κ2) is 9.99. The van der Waals surface area contributed by atoms with Gasteiger partial charge in [-0.05, 0) is 0 Å². The van der Waals surface area contributed by atoms with Crippen LogP contribution in [-0.2, 0) is 0 Å². The molecule has 2 aromatic heterocycles. The molecule has 28 heavy (non-hydrogen) atoms. The lowest BCUT2D eigenvalue weighted by Gasteiger charge is -2.18. The Morgan fingerprint density at radius 2 is 1.32 bits per heavy atom. The Morgan fingerprint density at radius 1 is 0.893 bits per heavy atom. The van der Waals surface area contributed by atoms with Crippen LogP contribution in [0.5, 0.6) is 0 Å². The van der Waals surface area contributed by atoms with Crippen LogP contribution in [0.2, 0.25) is 0 Å². The molecule has 0 spiro atoms. The SMILES string of the molecule is CN(C)/N=N/c1[nH]cnc1C(N)=O.CN(C)c1nc(N(C)C)nc(N(C)C)n1. The van der Waals surface area contributed by atoms with E-state index in [9.17, 15) is 4.79 Å². The summed E-state index contributed by atoms with van der Waals surface area (Å²) in [5, 5.41) is 8.90. The maximum atomic E-state index is 10.8. The van der Waals surface area contributed by atoms with Crippen LogP contribution in [0.1, 0.15) is 10.5 Å². The van der Waals surface area contributed by atoms with E-state index in [2.05, 4.69) is 35.3 Å². The molecule has 0 radical (unpaired) electrons. The Balaban J connectivity index is 0.000000283. The summed E-state index contributed by atoms with van der Waals surface area (Å²) in [7, 11) is 14.9. The van der Waals surface area contributed by atoms with Crippen molar-refractivity contribution in [3.05, 3.63) is 12.0 Å². The van der Waals surface area contributed by atoms with Gasteiger partial charge in [0.05, 0.1) is 6.33 Å². The second-order valence-corrected chi connectivity index (χ2v) is 6.42. The molecule has 0 aliphatic carbocycles. The van der Waals surface area contributed by atoms with E-state index in [1.807, 2.05) is 57.0 Å². The van der Waals surface area contributed by atoms with E-state index < -0.39 is 5.91 Å². The minimum Gasteiger partial charge on any atom is -0.364 e. The quantitative estimate of drug-likeness (QED) is 0.517. The van der Waals surface area contributed by atoms with Crippen LogP contribution in [-0.4, -0.2) is 92.2 Å². The average molecular weight is 392 g/mol. The molecule has 0 saturated heterocycles. The van der Waals surface area contributed by atoms with E-state index in [4.69, 9.17) is 5.73 Å². The van der Waals surface area contributed by atoms with Crippen LogP contribution < -0.4 is 20.4 Å². The zero-order valence-corrected chi connectivity index (χ0v) is 17.5. The number of nitrogens with two attached hydrogens (primary N) is 1. The first-order chi connectivity index (χ1) is 13.0. The topological polar surface area (TPSA) is 148 Å². The number of aromatic amines is 1. The van der Waals surface area contributed by atoms with E-state index >= 15 is 0 Å². The predicted molar refractivity (Wildman–Crippen MR) is 108 cm³/mol. The van der Waals surface area contributed by atoms with Crippen molar-refractivity contribution in [1.82, 2.24) is 29.9 Å². The van der Waals surface area contributed by atoms with Crippen LogP contribution in [0.15, 0.2) is 16.7 Å². The molecule has 0 saturated carbocycles. The van der Waals surface area contributed by atoms with Gasteiger partial charge in [-0.3, -0.25) is 9.80 Å². The summed E-state index contributed by atoms with van der Waals surface area (Å²) in [6, 6.07) is 0. The van der Waals surface area contributed by atoms with Crippen LogP contribution in [0.4, 0.5) is 23.7 Å². The molecule has 13 nitrogen and oxygen atoms in total. The number of nitrogens with one attached hydrogen (secondary N) is 1. The molecule has 0 aromatic carbocycles. The fourth-order valence-corrected chi connectivity index (χ4v) is 1.62. The number of carbonyl (C=O) groups excluding carboxylic acids is 1. The first-order valence-corrected chi connectivity index (χ1v) is 8.23. The fraction of sp³-hybridized carbons (Fsp3) is 0.533. The average Bonchev–Trinajstić information content (AvgIpc) is 3.08. The maximum Gasteiger partial charge on any atom is 0.271 e. The molecule has 3 N–H and O–H groups in total. The highest BCUT2D eigenvalue weighted by Gasteiger charge is 2.11. The van der Waals surface area contributed by atoms with E-state index in [0.29, 0.717) is 17.8 Å². The number of imidazole rings is 1. The van der Waals surface area contributed by atoms with Crippen molar-refractivity contribution in [2.24, 2.45) is 16.1 Å². The summed E-state index contributed by atoms with van der Waals surface area (Å²) in [5.74, 6) is 1.63. The van der Waals surface area contributed by atoms with Crippen molar-refractivity contribution < 1.29 is 4.79 Å². The largest absolute Gasteiger partial charge is 0.364 e. The van der Waals surface area contributed by atoms with Gasteiger partial charge in [-0.1, -0.05) is 5.22 Å². The minimum atomic E-state index is -0.631. The first kappa shape index (κ1) is 22.5. The van der Waals surface area contributed by atoms with Gasteiger partial charge in [-0.2, -0.15) is 15.0 Å². The Labute approximate surface area is 164 Å². The van der Waals surface area contributed by atoms with Gasteiger partial charge in [-0.25, -0.2) is 4.98 Å². The molecule has 0 atom stereocenters. The minimum absolute atomic E-state index is 0.0885. The number of primary amides is 1. The van der Waals surface area contributed by atoms with Crippen molar-refractivity contribution in [3.8, 4) is 0 Å². The standard InChI is InChI=1S/C9H18N6.C6H10N6O/c1-13(2)7-10-8(14(3)4)12-9(11-7)15(5)6;1-12(2)11-10-6-4(5(7)13)8-3-9-6/h1-6H3;3H,1-2H3,(H2,7,13)(H,8,9)/b;11-10+. The Bertz CT molecular complexity index is 731. The first-order valence-electron chi connectivity index (χ1n) is 8.23. The van der Waals surface area contributed by atoms with Gasteiger partial charge in [0.25, 0.3) is 5.91 Å². The lowest BCUT2D eigenvalue weighted by atomic mass is 10.4. The predicted octanol–water partition coefficient (Wildman–Crippen LogP) is 0.139. The molecule has 0 fully saturated rings. The molecule has 13 heteroatoms. The third-order valence-corrected chi connectivity index (χ3v) is 2.98. The molecule has 0 unspecified atom stereocenters. The number of anilines is 3. The molecule has 2 heterocycles. The molecule has 0 aliphatic rings. The van der Waals surface area contributed by atoms with Crippen molar-refractivity contribution >= 4 is 29.6 Å². The highest BCUT2D eigenvalue weighted by Crippen LogP contribution is 2.14. The van der Waals surface area contributed by atoms with Gasteiger partial charge in [0.1, 0.15) is 0 Å². The van der Waals surface area contributed by atoms with Crippen LogP contribution in [0.3, 0.4) is 0 Å². The van der Waals surface area contributed by atoms with Gasteiger partial charge in [0, 0.05) is 56.4 Å². The number of amides is 1. The number of aromatic nitrogens is 5. The molecular formula is C15H28N12O. The van der Waals surface area contributed by atoms with Gasteiger partial charge in [-0.15, -0.1) is 5.11 Å². The monoisotopic (exact) mass is 392 g/mol. The number of H-pyrrole nitrogens is 1. The molecule has 1 amide bonds. The molecule has 0 bridgehead atoms. The highest BCUT2D eigenvalue weighted by molar-refractivity contribution is 5.94. The molecular weight excluding hydrogens is 364 g/mol. The zero-order valence-electron chi connectivity index (χ0n) is 17.5. The summed E-state index contributed by atoms with van der Waals surface area (Å²) in [5.41, 5.74) is 5.12.